The van der Waals surface area contributed by atoms with Gasteiger partial charge in [0.15, 0.2) is 0 Å². The Morgan fingerprint density at radius 3 is 1.34 bits per heavy atom. The van der Waals surface area contributed by atoms with E-state index in [1.165, 1.54) is 0 Å². The van der Waals surface area contributed by atoms with E-state index in [1.54, 1.807) is 0 Å². The van der Waals surface area contributed by atoms with Crippen molar-refractivity contribution >= 4 is 23.9 Å². The highest BCUT2D eigenvalue weighted by Gasteiger charge is 2.30. The standard InChI is InChI=1S/C41H70N4O11/c1-11-51-24-25-52-26-27-53-33-14-12-32(13-15-33)28-34(38(49)50)45-22-20-43(30-36(47)55-40(5,6)7)18-16-42(29-35(46)54-39(2,3)4)17-19-44(21-23-45)31-37(48)56-41(8,9)10/h12-15,34H,11,16-31H2,1-10H3,(H,49,50)/t34-/m1/s1. The van der Waals surface area contributed by atoms with Gasteiger partial charge in [-0.15, -0.1) is 0 Å². The molecule has 15 heteroatoms. The highest BCUT2D eigenvalue weighted by Crippen LogP contribution is 2.17. The van der Waals surface area contributed by atoms with Gasteiger partial charge in [-0.25, -0.2) is 0 Å². The number of carboxylic acids is 1. The summed E-state index contributed by atoms with van der Waals surface area (Å²) in [6, 6.07) is 6.46. The fourth-order valence-corrected chi connectivity index (χ4v) is 5.91. The van der Waals surface area contributed by atoms with Gasteiger partial charge in [0.1, 0.15) is 35.2 Å². The minimum Gasteiger partial charge on any atom is -0.491 e. The number of carboxylic acid groups (broad SMARTS) is 1. The molecule has 0 saturated carbocycles. The molecule has 1 aromatic rings. The van der Waals surface area contributed by atoms with Crippen LogP contribution in [0.2, 0.25) is 0 Å². The van der Waals surface area contributed by atoms with Crippen molar-refractivity contribution < 1.29 is 52.7 Å². The molecule has 0 aromatic heterocycles. The molecule has 2 rings (SSSR count). The van der Waals surface area contributed by atoms with Gasteiger partial charge in [-0.3, -0.25) is 38.8 Å². The van der Waals surface area contributed by atoms with Gasteiger partial charge in [-0.2, -0.15) is 0 Å². The third-order valence-corrected chi connectivity index (χ3v) is 8.34. The minimum absolute atomic E-state index is 0.00703. The molecule has 1 saturated heterocycles. The minimum atomic E-state index is -0.984. The number of ether oxygens (including phenoxy) is 6. The summed E-state index contributed by atoms with van der Waals surface area (Å²) in [6.45, 7) is 23.7. The van der Waals surface area contributed by atoms with Crippen LogP contribution in [0.4, 0.5) is 0 Å². The van der Waals surface area contributed by atoms with Crippen LogP contribution in [-0.4, -0.2) is 176 Å². The van der Waals surface area contributed by atoms with Gasteiger partial charge in [0.05, 0.1) is 39.5 Å². The number of carbonyl (C=O) groups excluding carboxylic acids is 3. The van der Waals surface area contributed by atoms with Gasteiger partial charge < -0.3 is 33.5 Å². The van der Waals surface area contributed by atoms with E-state index in [0.717, 1.165) is 5.56 Å². The van der Waals surface area contributed by atoms with E-state index in [9.17, 15) is 24.3 Å². The molecule has 320 valence electrons. The summed E-state index contributed by atoms with van der Waals surface area (Å²) >= 11 is 0. The molecule has 1 N–H and O–H groups in total. The molecule has 1 fully saturated rings. The molecule has 56 heavy (non-hydrogen) atoms. The maximum atomic E-state index is 13.1. The fourth-order valence-electron chi connectivity index (χ4n) is 5.91. The maximum Gasteiger partial charge on any atom is 0.321 e. The first-order valence-electron chi connectivity index (χ1n) is 19.8. The number of esters is 3. The van der Waals surface area contributed by atoms with Gasteiger partial charge in [0, 0.05) is 59.0 Å². The number of benzene rings is 1. The van der Waals surface area contributed by atoms with Crippen LogP contribution in [0.3, 0.4) is 0 Å². The SMILES string of the molecule is CCOCCOCCOc1ccc(C[C@H](C(=O)O)N2CCN(CC(=O)OC(C)(C)C)CCN(CC(=O)OC(C)(C)C)CCN(CC(=O)OC(C)(C)C)CC2)cc1. The Hall–Kier alpha value is -3.34. The second-order valence-corrected chi connectivity index (χ2v) is 17.0. The van der Waals surface area contributed by atoms with Crippen LogP contribution < -0.4 is 4.74 Å². The monoisotopic (exact) mass is 795 g/mol. The van der Waals surface area contributed by atoms with Crippen LogP contribution in [0.5, 0.6) is 5.75 Å². The Labute approximate surface area is 334 Å². The first-order chi connectivity index (χ1) is 26.1. The van der Waals surface area contributed by atoms with Gasteiger partial charge in [0.25, 0.3) is 0 Å². The van der Waals surface area contributed by atoms with Crippen molar-refractivity contribution in [2.24, 2.45) is 0 Å². The number of nitrogens with zero attached hydrogens (tertiary/aromatic N) is 4. The van der Waals surface area contributed by atoms with E-state index in [-0.39, 0.29) is 32.0 Å². The average molecular weight is 795 g/mol. The average Bonchev–Trinajstić information content (AvgIpc) is 3.05. The molecule has 1 atom stereocenters. The molecular weight excluding hydrogens is 724 g/mol. The summed E-state index contributed by atoms with van der Waals surface area (Å²) in [7, 11) is 0. The number of hydrogen-bond donors (Lipinski definition) is 1. The largest absolute Gasteiger partial charge is 0.491 e. The summed E-state index contributed by atoms with van der Waals surface area (Å²) in [6.07, 6.45) is 0.220. The predicted molar refractivity (Wildman–Crippen MR) is 213 cm³/mol. The van der Waals surface area contributed by atoms with E-state index < -0.39 is 40.8 Å². The summed E-state index contributed by atoms with van der Waals surface area (Å²) in [5, 5.41) is 10.6. The Bertz CT molecular complexity index is 1290. The van der Waals surface area contributed by atoms with Crippen LogP contribution in [0.1, 0.15) is 74.8 Å². The van der Waals surface area contributed by atoms with Crippen LogP contribution in [0.15, 0.2) is 24.3 Å². The fraction of sp³-hybridized carbons (Fsp3) is 0.756. The second kappa shape index (κ2) is 23.8. The lowest BCUT2D eigenvalue weighted by atomic mass is 10.0. The van der Waals surface area contributed by atoms with Gasteiger partial charge in [-0.1, -0.05) is 12.1 Å². The van der Waals surface area contributed by atoms with E-state index in [2.05, 4.69) is 0 Å². The normalized spacial score (nSPS) is 17.0. The number of hydrogen-bond acceptors (Lipinski definition) is 14. The lowest BCUT2D eigenvalue weighted by molar-refractivity contribution is -0.158. The quantitative estimate of drug-likeness (QED) is 0.131. The summed E-state index contributed by atoms with van der Waals surface area (Å²) in [5.41, 5.74) is -1.20. The number of carbonyl (C=O) groups is 4. The lowest BCUT2D eigenvalue weighted by Gasteiger charge is -2.36. The van der Waals surface area contributed by atoms with E-state index >= 15 is 0 Å². The van der Waals surface area contributed by atoms with Crippen molar-refractivity contribution in [3.8, 4) is 5.75 Å². The molecule has 0 amide bonds. The van der Waals surface area contributed by atoms with Gasteiger partial charge in [-0.05, 0) is 93.4 Å². The lowest BCUT2D eigenvalue weighted by Crippen LogP contribution is -2.52. The van der Waals surface area contributed by atoms with Crippen LogP contribution in [0, 0.1) is 0 Å². The molecule has 0 bridgehead atoms. The van der Waals surface area contributed by atoms with Crippen molar-refractivity contribution in [1.29, 1.82) is 0 Å². The van der Waals surface area contributed by atoms with Crippen molar-refractivity contribution in [2.75, 3.05) is 105 Å². The van der Waals surface area contributed by atoms with Crippen molar-refractivity contribution in [2.45, 2.75) is 98.5 Å². The maximum absolute atomic E-state index is 13.1. The van der Waals surface area contributed by atoms with E-state index in [0.29, 0.717) is 91.1 Å². The van der Waals surface area contributed by atoms with E-state index in [4.69, 9.17) is 28.4 Å². The first kappa shape index (κ1) is 48.8. The molecule has 0 spiro atoms. The Morgan fingerprint density at radius 2 is 0.964 bits per heavy atom. The molecule has 1 aromatic carbocycles. The molecule has 1 aliphatic rings. The van der Waals surface area contributed by atoms with Gasteiger partial charge in [0.2, 0.25) is 0 Å². The summed E-state index contributed by atoms with van der Waals surface area (Å²) in [5.74, 6) is -1.50. The molecule has 0 aliphatic carbocycles. The van der Waals surface area contributed by atoms with Crippen LogP contribution in [-0.2, 0) is 49.3 Å². The van der Waals surface area contributed by atoms with E-state index in [1.807, 2.05) is 113 Å². The van der Waals surface area contributed by atoms with Crippen molar-refractivity contribution in [3.05, 3.63) is 29.8 Å². The Morgan fingerprint density at radius 1 is 0.589 bits per heavy atom. The highest BCUT2D eigenvalue weighted by atomic mass is 16.6. The van der Waals surface area contributed by atoms with Crippen LogP contribution in [0.25, 0.3) is 0 Å². The van der Waals surface area contributed by atoms with Crippen molar-refractivity contribution in [3.63, 3.8) is 0 Å². The summed E-state index contributed by atoms with van der Waals surface area (Å²) < 4.78 is 33.5. The topological polar surface area (TPSA) is 157 Å². The predicted octanol–water partition coefficient (Wildman–Crippen LogP) is 3.36. The zero-order valence-electron chi connectivity index (χ0n) is 35.7. The zero-order valence-corrected chi connectivity index (χ0v) is 35.7. The molecule has 15 nitrogen and oxygen atoms in total. The first-order valence-corrected chi connectivity index (χ1v) is 19.8. The second-order valence-electron chi connectivity index (χ2n) is 17.0. The Balaban J connectivity index is 2.33. The number of aliphatic carboxylic acids is 1. The highest BCUT2D eigenvalue weighted by molar-refractivity contribution is 5.74. The van der Waals surface area contributed by atoms with Crippen LogP contribution >= 0.6 is 0 Å². The third kappa shape index (κ3) is 22.4. The third-order valence-electron chi connectivity index (χ3n) is 8.34. The molecule has 1 heterocycles. The summed E-state index contributed by atoms with van der Waals surface area (Å²) in [4.78, 5) is 59.8. The van der Waals surface area contributed by atoms with Gasteiger partial charge >= 0.3 is 23.9 Å². The number of rotatable bonds is 18. The van der Waals surface area contributed by atoms with Crippen molar-refractivity contribution in [1.82, 2.24) is 19.6 Å². The smallest absolute Gasteiger partial charge is 0.321 e. The molecule has 0 unspecified atom stereocenters. The zero-order chi connectivity index (χ0) is 41.9. The molecule has 1 aliphatic heterocycles. The molecular formula is C41H70N4O11. The Kier molecular flexibility index (Phi) is 20.7. The molecule has 0 radical (unpaired) electrons.